The number of carbonyl (C=O) groups excluding carboxylic acids is 1. The molecular weight excluding hydrogens is 238 g/mol. The summed E-state index contributed by atoms with van der Waals surface area (Å²) in [5.41, 5.74) is 7.45. The Bertz CT molecular complexity index is 430. The molecule has 2 atom stereocenters. The predicted molar refractivity (Wildman–Crippen MR) is 77.9 cm³/mol. The smallest absolute Gasteiger partial charge is 0.322 e. The summed E-state index contributed by atoms with van der Waals surface area (Å²) >= 11 is 0. The van der Waals surface area contributed by atoms with Crippen molar-refractivity contribution in [3.8, 4) is 0 Å². The van der Waals surface area contributed by atoms with Crippen molar-refractivity contribution >= 4 is 11.7 Å². The minimum Gasteiger partial charge on any atom is -0.326 e. The molecule has 19 heavy (non-hydrogen) atoms. The first-order valence-electron chi connectivity index (χ1n) is 6.96. The van der Waals surface area contributed by atoms with Crippen molar-refractivity contribution in [2.75, 3.05) is 11.9 Å². The van der Waals surface area contributed by atoms with E-state index in [-0.39, 0.29) is 6.03 Å². The number of nitrogens with two attached hydrogens (primary N) is 1. The number of rotatable bonds is 2. The first kappa shape index (κ1) is 13.9. The van der Waals surface area contributed by atoms with E-state index < -0.39 is 0 Å². The van der Waals surface area contributed by atoms with Crippen molar-refractivity contribution in [2.45, 2.75) is 39.3 Å². The maximum absolute atomic E-state index is 12.3. The molecule has 1 saturated heterocycles. The second-order valence-corrected chi connectivity index (χ2v) is 5.52. The first-order valence-corrected chi connectivity index (χ1v) is 6.96. The molecule has 1 heterocycles. The summed E-state index contributed by atoms with van der Waals surface area (Å²) in [6.45, 7) is 5.67. The topological polar surface area (TPSA) is 58.4 Å². The van der Waals surface area contributed by atoms with E-state index in [9.17, 15) is 4.79 Å². The lowest BCUT2D eigenvalue weighted by atomic mass is 9.95. The number of nitrogens with zero attached hydrogens (tertiary/aromatic N) is 1. The summed E-state index contributed by atoms with van der Waals surface area (Å²) in [5, 5.41) is 2.96. The van der Waals surface area contributed by atoms with Crippen molar-refractivity contribution in [1.82, 2.24) is 4.90 Å². The molecular formula is C15H23N3O. The van der Waals surface area contributed by atoms with Crippen LogP contribution < -0.4 is 11.1 Å². The number of carbonyl (C=O) groups is 1. The van der Waals surface area contributed by atoms with Gasteiger partial charge in [-0.1, -0.05) is 19.1 Å². The fourth-order valence-electron chi connectivity index (χ4n) is 2.49. The molecule has 0 radical (unpaired) electrons. The Balaban J connectivity index is 1.99. The monoisotopic (exact) mass is 261 g/mol. The molecule has 1 aliphatic rings. The van der Waals surface area contributed by atoms with Crippen LogP contribution in [0, 0.1) is 5.92 Å². The van der Waals surface area contributed by atoms with E-state index >= 15 is 0 Å². The summed E-state index contributed by atoms with van der Waals surface area (Å²) in [6, 6.07) is 8.01. The Kier molecular flexibility index (Phi) is 4.43. The normalized spacial score (nSPS) is 23.2. The van der Waals surface area contributed by atoms with E-state index in [4.69, 9.17) is 5.73 Å². The van der Waals surface area contributed by atoms with Gasteiger partial charge >= 0.3 is 6.03 Å². The van der Waals surface area contributed by atoms with Crippen LogP contribution in [0.2, 0.25) is 0 Å². The van der Waals surface area contributed by atoms with Gasteiger partial charge in [-0.25, -0.2) is 4.79 Å². The molecule has 0 aliphatic carbocycles. The lowest BCUT2D eigenvalue weighted by Gasteiger charge is -2.36. The van der Waals surface area contributed by atoms with Crippen molar-refractivity contribution in [3.63, 3.8) is 0 Å². The summed E-state index contributed by atoms with van der Waals surface area (Å²) in [5.74, 6) is 0.585. The van der Waals surface area contributed by atoms with Crippen molar-refractivity contribution in [1.29, 1.82) is 0 Å². The molecule has 4 nitrogen and oxygen atoms in total. The highest BCUT2D eigenvalue weighted by molar-refractivity contribution is 5.89. The third kappa shape index (κ3) is 3.47. The number of hydrogen-bond donors (Lipinski definition) is 2. The third-order valence-electron chi connectivity index (χ3n) is 3.82. The van der Waals surface area contributed by atoms with Gasteiger partial charge in [0.1, 0.15) is 0 Å². The number of urea groups is 1. The molecule has 2 rings (SSSR count). The van der Waals surface area contributed by atoms with Crippen LogP contribution in [0.4, 0.5) is 10.5 Å². The van der Waals surface area contributed by atoms with Crippen LogP contribution in [-0.2, 0) is 6.54 Å². The summed E-state index contributed by atoms with van der Waals surface area (Å²) < 4.78 is 0. The van der Waals surface area contributed by atoms with Crippen LogP contribution in [0.15, 0.2) is 24.3 Å². The number of anilines is 1. The zero-order valence-corrected chi connectivity index (χ0v) is 11.7. The van der Waals surface area contributed by atoms with Gasteiger partial charge in [-0.05, 0) is 43.4 Å². The van der Waals surface area contributed by atoms with Gasteiger partial charge in [0.25, 0.3) is 0 Å². The molecule has 104 valence electrons. The Labute approximate surface area is 115 Å². The average molecular weight is 261 g/mol. The molecule has 1 aromatic carbocycles. The van der Waals surface area contributed by atoms with Gasteiger partial charge in [-0.3, -0.25) is 0 Å². The number of hydrogen-bond acceptors (Lipinski definition) is 2. The minimum absolute atomic E-state index is 0.000418. The molecule has 4 heteroatoms. The number of piperidine rings is 1. The van der Waals surface area contributed by atoms with Gasteiger partial charge in [0, 0.05) is 24.8 Å². The van der Waals surface area contributed by atoms with Gasteiger partial charge in [0.15, 0.2) is 0 Å². The number of amides is 2. The highest BCUT2D eigenvalue weighted by Gasteiger charge is 2.26. The Morgan fingerprint density at radius 3 is 2.63 bits per heavy atom. The van der Waals surface area contributed by atoms with Crippen molar-refractivity contribution in [3.05, 3.63) is 29.8 Å². The maximum Gasteiger partial charge on any atom is 0.322 e. The Morgan fingerprint density at radius 2 is 2.00 bits per heavy atom. The quantitative estimate of drug-likeness (QED) is 0.860. The second-order valence-electron chi connectivity index (χ2n) is 5.52. The van der Waals surface area contributed by atoms with Crippen LogP contribution >= 0.6 is 0 Å². The standard InChI is InChI=1S/C15H23N3O/c1-11-3-4-12(2)18(10-11)15(19)17-14-7-5-13(9-16)6-8-14/h5-8,11-12H,3-4,9-10,16H2,1-2H3,(H,17,19). The number of nitrogens with one attached hydrogen (secondary N) is 1. The van der Waals surface area contributed by atoms with Crippen molar-refractivity contribution in [2.24, 2.45) is 11.7 Å². The molecule has 1 aliphatic heterocycles. The van der Waals surface area contributed by atoms with Gasteiger partial charge < -0.3 is 16.0 Å². The van der Waals surface area contributed by atoms with Crippen LogP contribution in [0.25, 0.3) is 0 Å². The molecule has 1 fully saturated rings. The molecule has 0 aromatic heterocycles. The van der Waals surface area contributed by atoms with E-state index in [2.05, 4.69) is 19.2 Å². The fraction of sp³-hybridized carbons (Fsp3) is 0.533. The van der Waals surface area contributed by atoms with Gasteiger partial charge in [-0.15, -0.1) is 0 Å². The van der Waals surface area contributed by atoms with Gasteiger partial charge in [0.05, 0.1) is 0 Å². The predicted octanol–water partition coefficient (Wildman–Crippen LogP) is 2.80. The van der Waals surface area contributed by atoms with Gasteiger partial charge in [-0.2, -0.15) is 0 Å². The largest absolute Gasteiger partial charge is 0.326 e. The zero-order chi connectivity index (χ0) is 13.8. The zero-order valence-electron chi connectivity index (χ0n) is 11.7. The minimum atomic E-state index is -0.000418. The molecule has 2 amide bonds. The summed E-state index contributed by atoms with van der Waals surface area (Å²) in [7, 11) is 0. The molecule has 3 N–H and O–H groups in total. The van der Waals surface area contributed by atoms with Crippen LogP contribution in [0.1, 0.15) is 32.3 Å². The fourth-order valence-corrected chi connectivity index (χ4v) is 2.49. The van der Waals surface area contributed by atoms with E-state index in [1.54, 1.807) is 0 Å². The lowest BCUT2D eigenvalue weighted by Crippen LogP contribution is -2.46. The molecule has 0 bridgehead atoms. The van der Waals surface area contributed by atoms with Crippen molar-refractivity contribution < 1.29 is 4.79 Å². The Hall–Kier alpha value is -1.55. The van der Waals surface area contributed by atoms with Gasteiger partial charge in [0.2, 0.25) is 0 Å². The maximum atomic E-state index is 12.3. The van der Waals surface area contributed by atoms with E-state index in [0.29, 0.717) is 18.5 Å². The highest BCUT2D eigenvalue weighted by atomic mass is 16.2. The average Bonchev–Trinajstić information content (AvgIpc) is 2.42. The molecule has 0 saturated carbocycles. The van der Waals surface area contributed by atoms with Crippen LogP contribution in [0.5, 0.6) is 0 Å². The molecule has 0 spiro atoms. The summed E-state index contributed by atoms with van der Waals surface area (Å²) in [6.07, 6.45) is 2.29. The van der Waals surface area contributed by atoms with Crippen LogP contribution in [0.3, 0.4) is 0 Å². The lowest BCUT2D eigenvalue weighted by molar-refractivity contribution is 0.147. The summed E-state index contributed by atoms with van der Waals surface area (Å²) in [4.78, 5) is 14.2. The number of benzene rings is 1. The van der Waals surface area contributed by atoms with E-state index in [1.807, 2.05) is 29.2 Å². The first-order chi connectivity index (χ1) is 9.10. The number of likely N-dealkylation sites (tertiary alicyclic amines) is 1. The van der Waals surface area contributed by atoms with Crippen LogP contribution in [-0.4, -0.2) is 23.5 Å². The molecule has 2 unspecified atom stereocenters. The Morgan fingerprint density at radius 1 is 1.32 bits per heavy atom. The third-order valence-corrected chi connectivity index (χ3v) is 3.82. The molecule has 1 aromatic rings. The highest BCUT2D eigenvalue weighted by Crippen LogP contribution is 2.22. The second kappa shape index (κ2) is 6.06. The SMILES string of the molecule is CC1CCC(C)N(C(=O)Nc2ccc(CN)cc2)C1. The van der Waals surface area contributed by atoms with E-state index in [1.165, 1.54) is 6.42 Å². The van der Waals surface area contributed by atoms with E-state index in [0.717, 1.165) is 24.2 Å².